The molecule has 0 radical (unpaired) electrons. The molecule has 0 aliphatic carbocycles. The van der Waals surface area contributed by atoms with Gasteiger partial charge in [-0.25, -0.2) is 0 Å². The molecule has 3 aliphatic heterocycles. The molecule has 1 aromatic carbocycles. The molecule has 6 atom stereocenters. The van der Waals surface area contributed by atoms with Crippen molar-refractivity contribution in [1.82, 2.24) is 9.80 Å². The summed E-state index contributed by atoms with van der Waals surface area (Å²) in [6.45, 7) is 10.6. The molecule has 2 bridgehead atoms. The van der Waals surface area contributed by atoms with Crippen LogP contribution in [0.5, 0.6) is 0 Å². The average molecular weight is 555 g/mol. The maximum atomic E-state index is 14.4. The number of nitrogens with zero attached hydrogens (tertiary/aromatic N) is 2. The Kier molecular flexibility index (Phi) is 9.94. The molecule has 1 aromatic rings. The first kappa shape index (κ1) is 29.4. The third-order valence-electron chi connectivity index (χ3n) is 8.42. The van der Waals surface area contributed by atoms with Gasteiger partial charge in [0.2, 0.25) is 11.8 Å². The Morgan fingerprint density at radius 3 is 2.69 bits per heavy atom. The van der Waals surface area contributed by atoms with Crippen LogP contribution in [0.2, 0.25) is 0 Å². The second-order valence-electron chi connectivity index (χ2n) is 10.9. The van der Waals surface area contributed by atoms with Crippen LogP contribution < -0.4 is 0 Å². The van der Waals surface area contributed by atoms with E-state index in [0.717, 1.165) is 31.2 Å². The maximum absolute atomic E-state index is 14.4. The summed E-state index contributed by atoms with van der Waals surface area (Å²) < 4.78 is 4.87. The van der Waals surface area contributed by atoms with Crippen molar-refractivity contribution in [2.24, 2.45) is 11.8 Å². The molecular formula is C31H42N2O5S. The number of rotatable bonds is 15. The predicted octanol–water partition coefficient (Wildman–Crippen LogP) is 4.01. The van der Waals surface area contributed by atoms with Crippen molar-refractivity contribution in [1.29, 1.82) is 0 Å². The van der Waals surface area contributed by atoms with Crippen LogP contribution in [0, 0.1) is 11.8 Å². The van der Waals surface area contributed by atoms with Gasteiger partial charge in [0.1, 0.15) is 6.04 Å². The molecule has 1 spiro atoms. The van der Waals surface area contributed by atoms with Crippen LogP contribution in [-0.4, -0.2) is 81.1 Å². The number of ether oxygens (including phenoxy) is 1. The van der Waals surface area contributed by atoms with Gasteiger partial charge in [0.25, 0.3) is 0 Å². The number of hydrogen-bond donors (Lipinski definition) is 1. The van der Waals surface area contributed by atoms with Crippen LogP contribution in [0.25, 0.3) is 0 Å². The SMILES string of the molecule is C=CCCOC(=O)[C@@H]1[C@@H]2CCC3(S2)C(C(=O)N(CC=C)CCCCC)N([C@@H](CO)Cc2ccccc2)C(=O)[C@H]13. The Labute approximate surface area is 236 Å². The number of thioether (sulfide) groups is 1. The van der Waals surface area contributed by atoms with Gasteiger partial charge in [-0.3, -0.25) is 14.4 Å². The first-order valence-corrected chi connectivity index (χ1v) is 15.1. The minimum absolute atomic E-state index is 0.0534. The number of aliphatic hydroxyl groups excluding tert-OH is 1. The van der Waals surface area contributed by atoms with E-state index >= 15 is 0 Å². The first-order chi connectivity index (χ1) is 18.9. The van der Waals surface area contributed by atoms with Gasteiger partial charge in [0.05, 0.1) is 35.8 Å². The monoisotopic (exact) mass is 554 g/mol. The molecule has 8 heteroatoms. The molecule has 3 saturated heterocycles. The Morgan fingerprint density at radius 2 is 2.03 bits per heavy atom. The highest BCUT2D eigenvalue weighted by atomic mass is 32.2. The molecule has 0 saturated carbocycles. The highest BCUT2D eigenvalue weighted by Gasteiger charge is 2.74. The van der Waals surface area contributed by atoms with Crippen LogP contribution in [0.4, 0.5) is 0 Å². The van der Waals surface area contributed by atoms with Gasteiger partial charge in [0.15, 0.2) is 0 Å². The van der Waals surface area contributed by atoms with Gasteiger partial charge >= 0.3 is 5.97 Å². The van der Waals surface area contributed by atoms with Crippen molar-refractivity contribution in [3.05, 3.63) is 61.2 Å². The number of carbonyl (C=O) groups is 3. The van der Waals surface area contributed by atoms with E-state index in [9.17, 15) is 19.5 Å². The summed E-state index contributed by atoms with van der Waals surface area (Å²) in [6, 6.07) is 8.39. The highest BCUT2D eigenvalue weighted by molar-refractivity contribution is 8.02. The zero-order valence-electron chi connectivity index (χ0n) is 23.0. The van der Waals surface area contributed by atoms with Crippen LogP contribution in [0.15, 0.2) is 55.6 Å². The Hall–Kier alpha value is -2.58. The van der Waals surface area contributed by atoms with Crippen molar-refractivity contribution >= 4 is 29.5 Å². The van der Waals surface area contributed by atoms with Crippen LogP contribution in [-0.2, 0) is 25.5 Å². The predicted molar refractivity (Wildman–Crippen MR) is 154 cm³/mol. The largest absolute Gasteiger partial charge is 0.465 e. The summed E-state index contributed by atoms with van der Waals surface area (Å²) in [4.78, 5) is 45.6. The average Bonchev–Trinajstić information content (AvgIpc) is 3.59. The standard InChI is InChI=1S/C31H42N2O5S/c1-4-7-12-18-32(17-6-3)29(36)27-31-16-15-24(39-31)25(30(37)38-19-8-5-2)26(31)28(35)33(27)23(21-34)20-22-13-10-9-11-14-22/h5-6,9-11,13-14,23-27,34H,2-4,7-8,12,15-21H2,1H3/t23-,24+,25-,26+,27?,31?/m1/s1. The third kappa shape index (κ3) is 5.68. The number of carbonyl (C=O) groups excluding carboxylic acids is 3. The summed E-state index contributed by atoms with van der Waals surface area (Å²) in [7, 11) is 0. The minimum atomic E-state index is -0.751. The van der Waals surface area contributed by atoms with Crippen molar-refractivity contribution < 1.29 is 24.2 Å². The molecule has 39 heavy (non-hydrogen) atoms. The fraction of sp³-hybridized carbons (Fsp3) is 0.581. The molecule has 212 valence electrons. The molecule has 2 unspecified atom stereocenters. The normalized spacial score (nSPS) is 27.7. The van der Waals surface area contributed by atoms with Gasteiger partial charge in [0, 0.05) is 18.3 Å². The van der Waals surface area contributed by atoms with Crippen molar-refractivity contribution in [2.45, 2.75) is 74.0 Å². The summed E-state index contributed by atoms with van der Waals surface area (Å²) in [5, 5.41) is 10.5. The molecule has 2 amide bonds. The van der Waals surface area contributed by atoms with Gasteiger partial charge in [-0.2, -0.15) is 0 Å². The molecular weight excluding hydrogens is 512 g/mol. The van der Waals surface area contributed by atoms with E-state index < -0.39 is 28.7 Å². The van der Waals surface area contributed by atoms with Crippen molar-refractivity contribution in [3.8, 4) is 0 Å². The number of hydrogen-bond acceptors (Lipinski definition) is 6. The van der Waals surface area contributed by atoms with Gasteiger partial charge in [-0.1, -0.05) is 62.2 Å². The Balaban J connectivity index is 1.72. The number of amides is 2. The van der Waals surface area contributed by atoms with Crippen molar-refractivity contribution in [3.63, 3.8) is 0 Å². The van der Waals surface area contributed by atoms with Gasteiger partial charge in [-0.05, 0) is 37.7 Å². The number of likely N-dealkylation sites (tertiary alicyclic amines) is 1. The van der Waals surface area contributed by atoms with Crippen molar-refractivity contribution in [2.75, 3.05) is 26.3 Å². The maximum Gasteiger partial charge on any atom is 0.310 e. The lowest BCUT2D eigenvalue weighted by Gasteiger charge is -2.39. The molecule has 0 aromatic heterocycles. The summed E-state index contributed by atoms with van der Waals surface area (Å²) in [5.74, 6) is -1.92. The van der Waals surface area contributed by atoms with E-state index in [1.807, 2.05) is 35.2 Å². The van der Waals surface area contributed by atoms with E-state index in [1.54, 1.807) is 28.8 Å². The lowest BCUT2D eigenvalue weighted by molar-refractivity contribution is -0.154. The summed E-state index contributed by atoms with van der Waals surface area (Å²) in [5.41, 5.74) is 0.980. The van der Waals surface area contributed by atoms with Crippen LogP contribution >= 0.6 is 11.8 Å². The molecule has 4 rings (SSSR count). The quantitative estimate of drug-likeness (QED) is 0.200. The number of benzene rings is 1. The molecule has 7 nitrogen and oxygen atoms in total. The lowest BCUT2D eigenvalue weighted by atomic mass is 9.71. The number of unbranched alkanes of at least 4 members (excludes halogenated alkanes) is 2. The van der Waals surface area contributed by atoms with E-state index in [-0.39, 0.29) is 36.2 Å². The minimum Gasteiger partial charge on any atom is -0.465 e. The van der Waals surface area contributed by atoms with Crippen LogP contribution in [0.3, 0.4) is 0 Å². The van der Waals surface area contributed by atoms with Gasteiger partial charge in [-0.15, -0.1) is 24.9 Å². The zero-order valence-corrected chi connectivity index (χ0v) is 23.8. The fourth-order valence-electron chi connectivity index (χ4n) is 6.68. The summed E-state index contributed by atoms with van der Waals surface area (Å²) >= 11 is 1.63. The summed E-state index contributed by atoms with van der Waals surface area (Å²) in [6.07, 6.45) is 8.75. The second-order valence-corrected chi connectivity index (χ2v) is 12.5. The van der Waals surface area contributed by atoms with E-state index in [0.29, 0.717) is 32.4 Å². The highest BCUT2D eigenvalue weighted by Crippen LogP contribution is 2.67. The second kappa shape index (κ2) is 13.2. The smallest absolute Gasteiger partial charge is 0.310 e. The number of esters is 1. The topological polar surface area (TPSA) is 87.2 Å². The van der Waals surface area contributed by atoms with E-state index in [2.05, 4.69) is 20.1 Å². The Morgan fingerprint density at radius 1 is 1.26 bits per heavy atom. The molecule has 3 heterocycles. The number of fused-ring (bicyclic) bond motifs is 1. The molecule has 3 aliphatic rings. The fourth-order valence-corrected chi connectivity index (χ4v) is 8.87. The van der Waals surface area contributed by atoms with E-state index in [1.165, 1.54) is 0 Å². The molecule has 1 N–H and O–H groups in total. The van der Waals surface area contributed by atoms with Crippen LogP contribution in [0.1, 0.15) is 51.0 Å². The lowest BCUT2D eigenvalue weighted by Crippen LogP contribution is -2.58. The third-order valence-corrected chi connectivity index (χ3v) is 10.4. The first-order valence-electron chi connectivity index (χ1n) is 14.2. The van der Waals surface area contributed by atoms with Gasteiger partial charge < -0.3 is 19.6 Å². The van der Waals surface area contributed by atoms with E-state index in [4.69, 9.17) is 4.74 Å². The Bertz CT molecular complexity index is 1050. The molecule has 3 fully saturated rings. The number of aliphatic hydroxyl groups is 1. The zero-order chi connectivity index (χ0) is 28.0.